The first-order valence-corrected chi connectivity index (χ1v) is 6.21. The highest BCUT2D eigenvalue weighted by atomic mass is 16.5. The van der Waals surface area contributed by atoms with Gasteiger partial charge in [-0.05, 0) is 36.2 Å². The molecule has 1 amide bonds. The van der Waals surface area contributed by atoms with Crippen molar-refractivity contribution in [3.63, 3.8) is 0 Å². The third-order valence-corrected chi connectivity index (χ3v) is 3.23. The lowest BCUT2D eigenvalue weighted by atomic mass is 9.98. The van der Waals surface area contributed by atoms with Crippen LogP contribution in [0.4, 0.5) is 0 Å². The largest absolute Gasteiger partial charge is 0.479 e. The number of benzene rings is 1. The van der Waals surface area contributed by atoms with Crippen molar-refractivity contribution in [1.82, 2.24) is 4.90 Å². The third kappa shape index (κ3) is 2.76. The van der Waals surface area contributed by atoms with E-state index in [2.05, 4.69) is 6.08 Å². The molecule has 1 unspecified atom stereocenters. The van der Waals surface area contributed by atoms with Crippen LogP contribution in [0.3, 0.4) is 0 Å². The van der Waals surface area contributed by atoms with Crippen LogP contribution in [0.2, 0.25) is 0 Å². The molecule has 1 heterocycles. The first-order chi connectivity index (χ1) is 9.13. The van der Waals surface area contributed by atoms with E-state index in [9.17, 15) is 4.79 Å². The van der Waals surface area contributed by atoms with Crippen molar-refractivity contribution in [1.29, 1.82) is 5.26 Å². The van der Waals surface area contributed by atoms with Crippen molar-refractivity contribution in [2.75, 3.05) is 13.7 Å². The van der Waals surface area contributed by atoms with Crippen LogP contribution in [0.5, 0.6) is 5.75 Å². The number of hydrogen-bond donors (Lipinski definition) is 0. The molecule has 0 saturated carbocycles. The van der Waals surface area contributed by atoms with Crippen molar-refractivity contribution < 1.29 is 9.53 Å². The monoisotopic (exact) mass is 256 g/mol. The summed E-state index contributed by atoms with van der Waals surface area (Å²) in [7, 11) is 1.80. The van der Waals surface area contributed by atoms with E-state index >= 15 is 0 Å². The van der Waals surface area contributed by atoms with Crippen molar-refractivity contribution in [2.45, 2.75) is 13.3 Å². The lowest BCUT2D eigenvalue weighted by molar-refractivity contribution is -0.131. The molecular weight excluding hydrogens is 240 g/mol. The Labute approximate surface area is 112 Å². The number of nitrogens with zero attached hydrogens (tertiary/aromatic N) is 2. The van der Waals surface area contributed by atoms with Gasteiger partial charge < -0.3 is 9.64 Å². The molecule has 4 nitrogen and oxygen atoms in total. The normalized spacial score (nSPS) is 18.8. The molecule has 1 aromatic carbocycles. The fourth-order valence-electron chi connectivity index (χ4n) is 2.12. The van der Waals surface area contributed by atoms with E-state index in [0.29, 0.717) is 5.75 Å². The van der Waals surface area contributed by atoms with Crippen LogP contribution in [0, 0.1) is 17.2 Å². The highest BCUT2D eigenvalue weighted by molar-refractivity contribution is 5.90. The molecule has 2 rings (SSSR count). The summed E-state index contributed by atoms with van der Waals surface area (Å²) in [5.74, 6) is 0.846. The topological polar surface area (TPSA) is 53.3 Å². The van der Waals surface area contributed by atoms with Gasteiger partial charge in [0.05, 0.1) is 0 Å². The number of hydrogen-bond acceptors (Lipinski definition) is 3. The highest BCUT2D eigenvalue weighted by Gasteiger charge is 2.24. The van der Waals surface area contributed by atoms with Gasteiger partial charge in [-0.2, -0.15) is 5.26 Å². The molecule has 1 aromatic rings. The molecule has 1 aliphatic rings. The SMILES string of the molecule is CC1CC=C(c2ccc(OCC#N)cc2)N(C)C1=O. The van der Waals surface area contributed by atoms with Crippen molar-refractivity contribution in [3.8, 4) is 11.8 Å². The standard InChI is InChI=1S/C15H16N2O2/c1-11-3-8-14(17(2)15(11)18)12-4-6-13(7-5-12)19-10-9-16/h4-8,11H,3,10H2,1-2H3. The van der Waals surface area contributed by atoms with Crippen LogP contribution >= 0.6 is 0 Å². The van der Waals surface area contributed by atoms with Gasteiger partial charge in [-0.25, -0.2) is 0 Å². The lowest BCUT2D eigenvalue weighted by Gasteiger charge is -2.28. The van der Waals surface area contributed by atoms with Gasteiger partial charge in [0.15, 0.2) is 6.61 Å². The first-order valence-electron chi connectivity index (χ1n) is 6.21. The molecule has 98 valence electrons. The third-order valence-electron chi connectivity index (χ3n) is 3.23. The number of amides is 1. The first kappa shape index (κ1) is 13.2. The van der Waals surface area contributed by atoms with E-state index in [0.717, 1.165) is 17.7 Å². The van der Waals surface area contributed by atoms with Gasteiger partial charge in [0.25, 0.3) is 0 Å². The maximum atomic E-state index is 11.9. The average molecular weight is 256 g/mol. The Morgan fingerprint density at radius 2 is 2.11 bits per heavy atom. The summed E-state index contributed by atoms with van der Waals surface area (Å²) in [6, 6.07) is 9.35. The zero-order chi connectivity index (χ0) is 13.8. The van der Waals surface area contributed by atoms with Crippen molar-refractivity contribution >= 4 is 11.6 Å². The minimum Gasteiger partial charge on any atom is -0.479 e. The predicted octanol–water partition coefficient (Wildman–Crippen LogP) is 2.43. The van der Waals surface area contributed by atoms with E-state index in [4.69, 9.17) is 10.00 Å². The molecule has 4 heteroatoms. The van der Waals surface area contributed by atoms with Crippen molar-refractivity contribution in [2.24, 2.45) is 5.92 Å². The Kier molecular flexibility index (Phi) is 3.86. The molecule has 0 aromatic heterocycles. The maximum absolute atomic E-state index is 11.9. The molecule has 0 spiro atoms. The number of carbonyl (C=O) groups is 1. The Balaban J connectivity index is 2.19. The zero-order valence-corrected chi connectivity index (χ0v) is 11.1. The van der Waals surface area contributed by atoms with E-state index in [-0.39, 0.29) is 18.4 Å². The van der Waals surface area contributed by atoms with Gasteiger partial charge in [-0.1, -0.05) is 13.0 Å². The smallest absolute Gasteiger partial charge is 0.229 e. The van der Waals surface area contributed by atoms with Crippen LogP contribution in [0.25, 0.3) is 5.70 Å². The van der Waals surface area contributed by atoms with Gasteiger partial charge in [0, 0.05) is 18.7 Å². The maximum Gasteiger partial charge on any atom is 0.229 e. The van der Waals surface area contributed by atoms with Gasteiger partial charge in [-0.3, -0.25) is 4.79 Å². The van der Waals surface area contributed by atoms with Crippen LogP contribution in [-0.4, -0.2) is 24.5 Å². The second kappa shape index (κ2) is 5.57. The Morgan fingerprint density at radius 3 is 2.74 bits per heavy atom. The van der Waals surface area contributed by atoms with Crippen LogP contribution in [0.15, 0.2) is 30.3 Å². The summed E-state index contributed by atoms with van der Waals surface area (Å²) >= 11 is 0. The molecule has 1 aliphatic heterocycles. The fourth-order valence-corrected chi connectivity index (χ4v) is 2.12. The highest BCUT2D eigenvalue weighted by Crippen LogP contribution is 2.28. The molecular formula is C15H16N2O2. The Hall–Kier alpha value is -2.28. The van der Waals surface area contributed by atoms with E-state index in [1.165, 1.54) is 0 Å². The molecule has 19 heavy (non-hydrogen) atoms. The van der Waals surface area contributed by atoms with E-state index < -0.39 is 0 Å². The number of nitriles is 1. The molecule has 0 saturated heterocycles. The fraction of sp³-hybridized carbons (Fsp3) is 0.333. The van der Waals surface area contributed by atoms with Crippen molar-refractivity contribution in [3.05, 3.63) is 35.9 Å². The van der Waals surface area contributed by atoms with Gasteiger partial charge in [-0.15, -0.1) is 0 Å². The molecule has 0 radical (unpaired) electrons. The summed E-state index contributed by atoms with van der Waals surface area (Å²) in [5.41, 5.74) is 1.90. The van der Waals surface area contributed by atoms with Gasteiger partial charge in [0.2, 0.25) is 5.91 Å². The van der Waals surface area contributed by atoms with Gasteiger partial charge >= 0.3 is 0 Å². The quantitative estimate of drug-likeness (QED) is 0.834. The van der Waals surface area contributed by atoms with E-state index in [1.54, 1.807) is 11.9 Å². The zero-order valence-electron chi connectivity index (χ0n) is 11.1. The molecule has 1 atom stereocenters. The van der Waals surface area contributed by atoms with Gasteiger partial charge in [0.1, 0.15) is 11.8 Å². The molecule has 0 bridgehead atoms. The van der Waals surface area contributed by atoms with Crippen LogP contribution < -0.4 is 4.74 Å². The van der Waals surface area contributed by atoms with E-state index in [1.807, 2.05) is 37.3 Å². The summed E-state index contributed by atoms with van der Waals surface area (Å²) in [6.45, 7) is 1.98. The predicted molar refractivity (Wildman–Crippen MR) is 72.1 cm³/mol. The molecule has 0 aliphatic carbocycles. The second-order valence-corrected chi connectivity index (χ2v) is 4.59. The Morgan fingerprint density at radius 1 is 1.42 bits per heavy atom. The second-order valence-electron chi connectivity index (χ2n) is 4.59. The summed E-state index contributed by atoms with van der Waals surface area (Å²) < 4.78 is 5.20. The number of ether oxygens (including phenoxy) is 1. The Bertz CT molecular complexity index is 540. The molecule has 0 N–H and O–H groups in total. The lowest BCUT2D eigenvalue weighted by Crippen LogP contribution is -2.33. The summed E-state index contributed by atoms with van der Waals surface area (Å²) in [5, 5.41) is 8.45. The van der Waals surface area contributed by atoms with Crippen LogP contribution in [0.1, 0.15) is 18.9 Å². The minimum atomic E-state index is 0.0396. The number of rotatable bonds is 3. The summed E-state index contributed by atoms with van der Waals surface area (Å²) in [6.07, 6.45) is 2.85. The number of allylic oxidation sites excluding steroid dienone is 1. The average Bonchev–Trinajstić information content (AvgIpc) is 2.44. The minimum absolute atomic E-state index is 0.0396. The number of carbonyl (C=O) groups excluding carboxylic acids is 1. The summed E-state index contributed by atoms with van der Waals surface area (Å²) in [4.78, 5) is 13.6. The van der Waals surface area contributed by atoms with Crippen LogP contribution in [-0.2, 0) is 4.79 Å². The molecule has 0 fully saturated rings.